The second-order valence-electron chi connectivity index (χ2n) is 7.16. The third-order valence-electron chi connectivity index (χ3n) is 5.06. The third-order valence-corrected chi connectivity index (χ3v) is 5.06. The first-order valence-electron chi connectivity index (χ1n) is 9.29. The maximum absolute atomic E-state index is 3.85. The summed E-state index contributed by atoms with van der Waals surface area (Å²) >= 11 is 0. The topological polar surface area (TPSA) is 15.3 Å². The standard InChI is InChI=1S/C18H36N2/c1-3-12-19-18-9-7-5-6-8-17(18)15-20(13-4-2)14-16-10-11-16/h16-19H,3-15H2,1-2H3. The van der Waals surface area contributed by atoms with Crippen LogP contribution in [0.1, 0.15) is 71.6 Å². The van der Waals surface area contributed by atoms with Crippen LogP contribution in [0.4, 0.5) is 0 Å². The second-order valence-corrected chi connectivity index (χ2v) is 7.16. The molecule has 0 aromatic carbocycles. The zero-order chi connectivity index (χ0) is 14.2. The smallest absolute Gasteiger partial charge is 0.0107 e. The van der Waals surface area contributed by atoms with E-state index in [2.05, 4.69) is 24.1 Å². The van der Waals surface area contributed by atoms with Gasteiger partial charge in [0, 0.05) is 19.1 Å². The fraction of sp³-hybridized carbons (Fsp3) is 1.00. The Morgan fingerprint density at radius 1 is 0.900 bits per heavy atom. The highest BCUT2D eigenvalue weighted by molar-refractivity contribution is 4.84. The van der Waals surface area contributed by atoms with Crippen molar-refractivity contribution in [1.82, 2.24) is 10.2 Å². The van der Waals surface area contributed by atoms with E-state index in [1.807, 2.05) is 0 Å². The molecule has 1 N–H and O–H groups in total. The number of hydrogen-bond donors (Lipinski definition) is 1. The Kier molecular flexibility index (Phi) is 7.37. The summed E-state index contributed by atoms with van der Waals surface area (Å²) in [5.41, 5.74) is 0. The molecule has 0 heterocycles. The van der Waals surface area contributed by atoms with Gasteiger partial charge in [-0.25, -0.2) is 0 Å². The molecule has 0 saturated heterocycles. The summed E-state index contributed by atoms with van der Waals surface area (Å²) in [5, 5.41) is 3.85. The fourth-order valence-electron chi connectivity index (χ4n) is 3.77. The molecule has 2 atom stereocenters. The first-order valence-corrected chi connectivity index (χ1v) is 9.29. The second kappa shape index (κ2) is 9.04. The summed E-state index contributed by atoms with van der Waals surface area (Å²) in [6, 6.07) is 0.788. The molecule has 118 valence electrons. The highest BCUT2D eigenvalue weighted by Gasteiger charge is 2.28. The van der Waals surface area contributed by atoms with Gasteiger partial charge in [-0.3, -0.25) is 0 Å². The lowest BCUT2D eigenvalue weighted by molar-refractivity contribution is 0.187. The lowest BCUT2D eigenvalue weighted by Crippen LogP contribution is -2.43. The van der Waals surface area contributed by atoms with E-state index in [9.17, 15) is 0 Å². The van der Waals surface area contributed by atoms with Crippen LogP contribution in [-0.2, 0) is 0 Å². The van der Waals surface area contributed by atoms with Crippen LogP contribution < -0.4 is 5.32 Å². The molecule has 2 aliphatic rings. The predicted molar refractivity (Wildman–Crippen MR) is 88.1 cm³/mol. The molecule has 2 saturated carbocycles. The van der Waals surface area contributed by atoms with Gasteiger partial charge in [-0.2, -0.15) is 0 Å². The zero-order valence-electron chi connectivity index (χ0n) is 13.9. The van der Waals surface area contributed by atoms with E-state index in [-0.39, 0.29) is 0 Å². The van der Waals surface area contributed by atoms with E-state index >= 15 is 0 Å². The molecular weight excluding hydrogens is 244 g/mol. The number of rotatable bonds is 9. The largest absolute Gasteiger partial charge is 0.314 e. The minimum atomic E-state index is 0.788. The molecule has 2 rings (SSSR count). The Morgan fingerprint density at radius 2 is 1.70 bits per heavy atom. The molecule has 0 spiro atoms. The van der Waals surface area contributed by atoms with E-state index < -0.39 is 0 Å². The van der Waals surface area contributed by atoms with Crippen molar-refractivity contribution >= 4 is 0 Å². The molecule has 0 aromatic heterocycles. The Bertz CT molecular complexity index is 250. The van der Waals surface area contributed by atoms with Crippen molar-refractivity contribution in [3.63, 3.8) is 0 Å². The predicted octanol–water partition coefficient (Wildman–Crippen LogP) is 4.06. The quantitative estimate of drug-likeness (QED) is 0.641. The third kappa shape index (κ3) is 5.73. The fourth-order valence-corrected chi connectivity index (χ4v) is 3.77. The van der Waals surface area contributed by atoms with Crippen LogP contribution in [-0.4, -0.2) is 37.1 Å². The molecular formula is C18H36N2. The first-order chi connectivity index (χ1) is 9.83. The van der Waals surface area contributed by atoms with Crippen molar-refractivity contribution in [3.8, 4) is 0 Å². The maximum atomic E-state index is 3.85. The molecule has 20 heavy (non-hydrogen) atoms. The van der Waals surface area contributed by atoms with Crippen molar-refractivity contribution in [2.24, 2.45) is 11.8 Å². The molecule has 0 bridgehead atoms. The van der Waals surface area contributed by atoms with Gasteiger partial charge in [0.15, 0.2) is 0 Å². The van der Waals surface area contributed by atoms with Crippen molar-refractivity contribution < 1.29 is 0 Å². The van der Waals surface area contributed by atoms with Gasteiger partial charge in [0.1, 0.15) is 0 Å². The van der Waals surface area contributed by atoms with E-state index in [0.29, 0.717) is 0 Å². The highest BCUT2D eigenvalue weighted by Crippen LogP contribution is 2.31. The molecule has 2 heteroatoms. The SMILES string of the molecule is CCCNC1CCCCCC1CN(CCC)CC1CC1. The van der Waals surface area contributed by atoms with Crippen molar-refractivity contribution in [1.29, 1.82) is 0 Å². The number of nitrogens with one attached hydrogen (secondary N) is 1. The molecule has 2 fully saturated rings. The van der Waals surface area contributed by atoms with Gasteiger partial charge in [-0.05, 0) is 63.5 Å². The van der Waals surface area contributed by atoms with Gasteiger partial charge in [0.2, 0.25) is 0 Å². The van der Waals surface area contributed by atoms with Gasteiger partial charge < -0.3 is 10.2 Å². The molecule has 0 aromatic rings. The first kappa shape index (κ1) is 16.3. The lowest BCUT2D eigenvalue weighted by atomic mass is 9.93. The minimum absolute atomic E-state index is 0.788. The molecule has 0 radical (unpaired) electrons. The molecule has 2 unspecified atom stereocenters. The summed E-state index contributed by atoms with van der Waals surface area (Å²) in [6.45, 7) is 9.87. The molecule has 2 nitrogen and oxygen atoms in total. The van der Waals surface area contributed by atoms with Crippen LogP contribution in [0.5, 0.6) is 0 Å². The summed E-state index contributed by atoms with van der Waals surface area (Å²) in [5.74, 6) is 1.93. The van der Waals surface area contributed by atoms with Gasteiger partial charge >= 0.3 is 0 Å². The molecule has 0 amide bonds. The number of hydrogen-bond acceptors (Lipinski definition) is 2. The summed E-state index contributed by atoms with van der Waals surface area (Å²) in [7, 11) is 0. The number of nitrogens with zero attached hydrogens (tertiary/aromatic N) is 1. The minimum Gasteiger partial charge on any atom is -0.314 e. The monoisotopic (exact) mass is 280 g/mol. The van der Waals surface area contributed by atoms with Gasteiger partial charge in [0.05, 0.1) is 0 Å². The highest BCUT2D eigenvalue weighted by atomic mass is 15.1. The summed E-state index contributed by atoms with van der Waals surface area (Å²) in [6.07, 6.45) is 12.8. The normalized spacial score (nSPS) is 27.8. The molecule has 2 aliphatic carbocycles. The Morgan fingerprint density at radius 3 is 2.40 bits per heavy atom. The summed E-state index contributed by atoms with van der Waals surface area (Å²) in [4.78, 5) is 2.79. The lowest BCUT2D eigenvalue weighted by Gasteiger charge is -2.32. The van der Waals surface area contributed by atoms with Gasteiger partial charge in [-0.1, -0.05) is 33.1 Å². The van der Waals surface area contributed by atoms with Crippen molar-refractivity contribution in [2.75, 3.05) is 26.2 Å². The summed E-state index contributed by atoms with van der Waals surface area (Å²) < 4.78 is 0. The van der Waals surface area contributed by atoms with Crippen molar-refractivity contribution in [3.05, 3.63) is 0 Å². The average molecular weight is 280 g/mol. The van der Waals surface area contributed by atoms with E-state index in [4.69, 9.17) is 0 Å². The van der Waals surface area contributed by atoms with E-state index in [1.165, 1.54) is 84.0 Å². The zero-order valence-corrected chi connectivity index (χ0v) is 13.9. The maximum Gasteiger partial charge on any atom is 0.0107 e. The Balaban J connectivity index is 1.85. The van der Waals surface area contributed by atoms with Crippen LogP contribution in [0, 0.1) is 11.8 Å². The molecule has 0 aliphatic heterocycles. The van der Waals surface area contributed by atoms with Crippen LogP contribution in [0.3, 0.4) is 0 Å². The average Bonchev–Trinajstić information content (AvgIpc) is 3.25. The van der Waals surface area contributed by atoms with Crippen molar-refractivity contribution in [2.45, 2.75) is 77.7 Å². The Labute approximate surface area is 126 Å². The Hall–Kier alpha value is -0.0800. The van der Waals surface area contributed by atoms with Crippen LogP contribution in [0.25, 0.3) is 0 Å². The van der Waals surface area contributed by atoms with Crippen LogP contribution in [0.15, 0.2) is 0 Å². The van der Waals surface area contributed by atoms with Crippen LogP contribution >= 0.6 is 0 Å². The van der Waals surface area contributed by atoms with Gasteiger partial charge in [0.25, 0.3) is 0 Å². The van der Waals surface area contributed by atoms with E-state index in [0.717, 1.165) is 17.9 Å². The van der Waals surface area contributed by atoms with Crippen LogP contribution in [0.2, 0.25) is 0 Å². The van der Waals surface area contributed by atoms with Gasteiger partial charge in [-0.15, -0.1) is 0 Å². The van der Waals surface area contributed by atoms with E-state index in [1.54, 1.807) is 0 Å².